The van der Waals surface area contributed by atoms with Crippen LogP contribution in [0.1, 0.15) is 116 Å². The van der Waals surface area contributed by atoms with E-state index in [9.17, 15) is 4.79 Å². The van der Waals surface area contributed by atoms with Gasteiger partial charge in [-0.25, -0.2) is 0 Å². The van der Waals surface area contributed by atoms with Crippen LogP contribution in [0.2, 0.25) is 0 Å². The van der Waals surface area contributed by atoms with Gasteiger partial charge in [0, 0.05) is 19.0 Å². The first-order valence-electron chi connectivity index (χ1n) is 12.4. The summed E-state index contributed by atoms with van der Waals surface area (Å²) in [7, 11) is 2.20. The fourth-order valence-electron chi connectivity index (χ4n) is 4.17. The number of nitrogens with one attached hydrogen (secondary N) is 1. The lowest BCUT2D eigenvalue weighted by Crippen LogP contribution is -2.31. The zero-order valence-electron chi connectivity index (χ0n) is 19.0. The predicted octanol–water partition coefficient (Wildman–Crippen LogP) is 6.62. The molecule has 1 atom stereocenters. The Morgan fingerprint density at radius 3 is 2.14 bits per heavy atom. The van der Waals surface area contributed by atoms with E-state index in [1.807, 2.05) is 0 Å². The Morgan fingerprint density at radius 1 is 0.929 bits per heavy atom. The lowest BCUT2D eigenvalue weighted by Gasteiger charge is -2.19. The first kappa shape index (κ1) is 25.2. The molecule has 0 aromatic heterocycles. The van der Waals surface area contributed by atoms with Gasteiger partial charge in [0.1, 0.15) is 0 Å². The van der Waals surface area contributed by atoms with Crippen molar-refractivity contribution in [3.63, 3.8) is 0 Å². The van der Waals surface area contributed by atoms with Crippen LogP contribution >= 0.6 is 0 Å². The fraction of sp³-hybridized carbons (Fsp3) is 0.880. The predicted molar refractivity (Wildman–Crippen MR) is 123 cm³/mol. The van der Waals surface area contributed by atoms with Gasteiger partial charge in [-0.1, -0.05) is 70.4 Å². The van der Waals surface area contributed by atoms with Gasteiger partial charge in [-0.2, -0.15) is 0 Å². The van der Waals surface area contributed by atoms with Crippen LogP contribution in [0.4, 0.5) is 0 Å². The average molecular weight is 393 g/mol. The molecule has 0 bridgehead atoms. The standard InChI is InChI=1S/C25H48N2O/c1-3-4-5-6-7-8-9-10-11-12-13-14-15-16-17-20-25(28)26-22-21-24-19-18-23-27(24)2/h10-11,24H,3-9,12-23H2,1-2H3,(H,26,28). The Kier molecular flexibility index (Phi) is 16.4. The topological polar surface area (TPSA) is 32.3 Å². The minimum atomic E-state index is 0.248. The third-order valence-electron chi connectivity index (χ3n) is 6.14. The third-order valence-corrected chi connectivity index (χ3v) is 6.14. The highest BCUT2D eigenvalue weighted by atomic mass is 16.1. The fourth-order valence-corrected chi connectivity index (χ4v) is 4.17. The van der Waals surface area contributed by atoms with Crippen molar-refractivity contribution in [2.45, 2.75) is 122 Å². The molecule has 28 heavy (non-hydrogen) atoms. The number of carbonyl (C=O) groups is 1. The largest absolute Gasteiger partial charge is 0.356 e. The number of unbranched alkanes of at least 4 members (excludes halogenated alkanes) is 11. The summed E-state index contributed by atoms with van der Waals surface area (Å²) in [5.74, 6) is 0.248. The number of amides is 1. The van der Waals surface area contributed by atoms with Gasteiger partial charge in [0.05, 0.1) is 0 Å². The molecule has 0 spiro atoms. The van der Waals surface area contributed by atoms with E-state index in [4.69, 9.17) is 0 Å². The van der Waals surface area contributed by atoms with Gasteiger partial charge in [0.2, 0.25) is 5.91 Å². The summed E-state index contributed by atoms with van der Waals surface area (Å²) in [5, 5.41) is 3.10. The van der Waals surface area contributed by atoms with Gasteiger partial charge >= 0.3 is 0 Å². The molecule has 0 radical (unpaired) electrons. The SMILES string of the molecule is CCCCCCCCC=CCCCCCCCC(=O)NCCC1CCCN1C. The summed E-state index contributed by atoms with van der Waals surface area (Å²) in [6.07, 6.45) is 26.1. The minimum Gasteiger partial charge on any atom is -0.356 e. The molecule has 1 rings (SSSR count). The van der Waals surface area contributed by atoms with Gasteiger partial charge < -0.3 is 10.2 Å². The van der Waals surface area contributed by atoms with E-state index in [0.717, 1.165) is 19.4 Å². The first-order chi connectivity index (χ1) is 13.7. The van der Waals surface area contributed by atoms with E-state index in [0.29, 0.717) is 12.5 Å². The summed E-state index contributed by atoms with van der Waals surface area (Å²) in [4.78, 5) is 14.3. The van der Waals surface area contributed by atoms with Crippen molar-refractivity contribution >= 4 is 5.91 Å². The monoisotopic (exact) mass is 392 g/mol. The number of rotatable bonds is 18. The second-order valence-electron chi connectivity index (χ2n) is 8.75. The molecule has 0 saturated carbocycles. The Labute approximate surface area is 175 Å². The molecule has 164 valence electrons. The van der Waals surface area contributed by atoms with E-state index in [2.05, 4.69) is 36.3 Å². The molecular weight excluding hydrogens is 344 g/mol. The van der Waals surface area contributed by atoms with E-state index < -0.39 is 0 Å². The van der Waals surface area contributed by atoms with Gasteiger partial charge in [0.15, 0.2) is 0 Å². The molecule has 3 nitrogen and oxygen atoms in total. The number of allylic oxidation sites excluding steroid dienone is 2. The Balaban J connectivity index is 1.78. The summed E-state index contributed by atoms with van der Waals surface area (Å²) >= 11 is 0. The number of nitrogens with zero attached hydrogens (tertiary/aromatic N) is 1. The van der Waals surface area contributed by atoms with Crippen molar-refractivity contribution in [1.82, 2.24) is 10.2 Å². The highest BCUT2D eigenvalue weighted by molar-refractivity contribution is 5.75. The molecule has 0 aromatic carbocycles. The van der Waals surface area contributed by atoms with Crippen LogP contribution in [0, 0.1) is 0 Å². The normalized spacial score (nSPS) is 17.6. The van der Waals surface area contributed by atoms with Crippen LogP contribution in [0.25, 0.3) is 0 Å². The maximum atomic E-state index is 11.9. The number of carbonyl (C=O) groups excluding carboxylic acids is 1. The summed E-state index contributed by atoms with van der Waals surface area (Å²) < 4.78 is 0. The zero-order chi connectivity index (χ0) is 20.3. The molecular formula is C25H48N2O. The van der Waals surface area contributed by atoms with Crippen LogP contribution < -0.4 is 5.32 Å². The molecule has 1 heterocycles. The van der Waals surface area contributed by atoms with Gasteiger partial charge in [-0.05, 0) is 65.0 Å². The van der Waals surface area contributed by atoms with Crippen molar-refractivity contribution in [1.29, 1.82) is 0 Å². The number of likely N-dealkylation sites (tertiary alicyclic amines) is 1. The van der Waals surface area contributed by atoms with Crippen LogP contribution in [0.3, 0.4) is 0 Å². The van der Waals surface area contributed by atoms with Crippen LogP contribution in [-0.2, 0) is 4.79 Å². The van der Waals surface area contributed by atoms with E-state index >= 15 is 0 Å². The van der Waals surface area contributed by atoms with E-state index in [1.54, 1.807) is 0 Å². The number of hydrogen-bond donors (Lipinski definition) is 1. The van der Waals surface area contributed by atoms with Gasteiger partial charge in [-0.15, -0.1) is 0 Å². The lowest BCUT2D eigenvalue weighted by atomic mass is 10.1. The number of hydrogen-bond acceptors (Lipinski definition) is 2. The van der Waals surface area contributed by atoms with Crippen molar-refractivity contribution in [3.8, 4) is 0 Å². The van der Waals surface area contributed by atoms with Crippen LogP contribution in [0.15, 0.2) is 12.2 Å². The summed E-state index contributed by atoms with van der Waals surface area (Å²) in [5.41, 5.74) is 0. The quantitative estimate of drug-likeness (QED) is 0.210. The smallest absolute Gasteiger partial charge is 0.219 e. The Hall–Kier alpha value is -0.830. The van der Waals surface area contributed by atoms with Crippen molar-refractivity contribution in [3.05, 3.63) is 12.2 Å². The van der Waals surface area contributed by atoms with Crippen LogP contribution in [-0.4, -0.2) is 37.0 Å². The molecule has 1 amide bonds. The highest BCUT2D eigenvalue weighted by Crippen LogP contribution is 2.17. The third kappa shape index (κ3) is 14.2. The maximum Gasteiger partial charge on any atom is 0.219 e. The minimum absolute atomic E-state index is 0.248. The van der Waals surface area contributed by atoms with E-state index in [-0.39, 0.29) is 5.91 Å². The maximum absolute atomic E-state index is 11.9. The molecule has 0 aromatic rings. The molecule has 3 heteroatoms. The molecule has 1 unspecified atom stereocenters. The Bertz CT molecular complexity index is 394. The van der Waals surface area contributed by atoms with Crippen molar-refractivity contribution in [2.75, 3.05) is 20.1 Å². The average Bonchev–Trinajstić information content (AvgIpc) is 3.10. The highest BCUT2D eigenvalue weighted by Gasteiger charge is 2.20. The van der Waals surface area contributed by atoms with Gasteiger partial charge in [-0.3, -0.25) is 4.79 Å². The lowest BCUT2D eigenvalue weighted by molar-refractivity contribution is -0.121. The van der Waals surface area contributed by atoms with Crippen molar-refractivity contribution in [2.24, 2.45) is 0 Å². The van der Waals surface area contributed by atoms with Gasteiger partial charge in [0.25, 0.3) is 0 Å². The first-order valence-corrected chi connectivity index (χ1v) is 12.4. The molecule has 1 aliphatic heterocycles. The molecule has 1 N–H and O–H groups in total. The molecule has 1 saturated heterocycles. The van der Waals surface area contributed by atoms with Crippen molar-refractivity contribution < 1.29 is 4.79 Å². The molecule has 1 aliphatic rings. The zero-order valence-corrected chi connectivity index (χ0v) is 19.0. The molecule has 0 aliphatic carbocycles. The Morgan fingerprint density at radius 2 is 1.54 bits per heavy atom. The molecule has 1 fully saturated rings. The van der Waals surface area contributed by atoms with Crippen LogP contribution in [0.5, 0.6) is 0 Å². The summed E-state index contributed by atoms with van der Waals surface area (Å²) in [6, 6.07) is 0.681. The second-order valence-corrected chi connectivity index (χ2v) is 8.75. The van der Waals surface area contributed by atoms with E-state index in [1.165, 1.54) is 96.4 Å². The summed E-state index contributed by atoms with van der Waals surface area (Å²) in [6.45, 7) is 4.34. The second kappa shape index (κ2) is 18.2.